The fourth-order valence-corrected chi connectivity index (χ4v) is 2.52. The van der Waals surface area contributed by atoms with Crippen molar-refractivity contribution in [3.05, 3.63) is 59.4 Å². The highest BCUT2D eigenvalue weighted by Crippen LogP contribution is 2.24. The molecule has 1 aromatic heterocycles. The number of anilines is 1. The van der Waals surface area contributed by atoms with Crippen molar-refractivity contribution in [1.29, 1.82) is 0 Å². The van der Waals surface area contributed by atoms with Crippen LogP contribution in [0, 0.1) is 0 Å². The second kappa shape index (κ2) is 7.36. The van der Waals surface area contributed by atoms with Gasteiger partial charge in [-0.15, -0.1) is 0 Å². The molecule has 25 heavy (non-hydrogen) atoms. The van der Waals surface area contributed by atoms with Crippen LogP contribution in [-0.4, -0.2) is 28.7 Å². The molecule has 2 heterocycles. The largest absolute Gasteiger partial charge is 0.456 e. The number of ether oxygens (including phenoxy) is 1. The molecule has 7 heteroatoms. The molecule has 0 bridgehead atoms. The predicted octanol–water partition coefficient (Wildman–Crippen LogP) is 3.60. The Bertz CT molecular complexity index is 834. The maximum Gasteiger partial charge on any atom is 0.254 e. The van der Waals surface area contributed by atoms with Gasteiger partial charge in [0, 0.05) is 30.3 Å². The Labute approximate surface area is 150 Å². The highest BCUT2D eigenvalue weighted by Gasteiger charge is 2.20. The van der Waals surface area contributed by atoms with Crippen LogP contribution in [0.25, 0.3) is 0 Å². The molecule has 0 saturated carbocycles. The van der Waals surface area contributed by atoms with E-state index in [2.05, 4.69) is 10.3 Å². The molecule has 1 aliphatic heterocycles. The number of hydrogen-bond acceptors (Lipinski definition) is 4. The molecule has 0 aliphatic carbocycles. The summed E-state index contributed by atoms with van der Waals surface area (Å²) in [6.07, 6.45) is 3.82. The number of carbonyl (C=O) groups is 2. The van der Waals surface area contributed by atoms with Crippen LogP contribution in [0.3, 0.4) is 0 Å². The van der Waals surface area contributed by atoms with Crippen molar-refractivity contribution in [2.45, 2.75) is 12.8 Å². The Hall–Kier alpha value is -2.86. The van der Waals surface area contributed by atoms with Crippen LogP contribution >= 0.6 is 11.6 Å². The third-order valence-corrected chi connectivity index (χ3v) is 3.89. The van der Waals surface area contributed by atoms with Crippen molar-refractivity contribution >= 4 is 29.2 Å². The zero-order valence-corrected chi connectivity index (χ0v) is 14.3. The fourth-order valence-electron chi connectivity index (χ4n) is 2.34. The standard InChI is InChI=1S/C18H16ClN3O3/c1-22-11-12(5-8-17(22)23)18(24)21-16-7-6-15(10-20-16)25-14-4-2-3-13(19)9-14/h2-4,6-7,9-11H,5,8H2,1H3,(H,20,21,24). The summed E-state index contributed by atoms with van der Waals surface area (Å²) in [6, 6.07) is 10.4. The summed E-state index contributed by atoms with van der Waals surface area (Å²) in [7, 11) is 1.63. The topological polar surface area (TPSA) is 71.5 Å². The van der Waals surface area contributed by atoms with E-state index in [-0.39, 0.29) is 11.8 Å². The number of amides is 2. The molecule has 0 saturated heterocycles. The zero-order chi connectivity index (χ0) is 17.8. The molecule has 1 aromatic carbocycles. The lowest BCUT2D eigenvalue weighted by Crippen LogP contribution is -2.28. The first kappa shape index (κ1) is 17.0. The van der Waals surface area contributed by atoms with Crippen LogP contribution in [-0.2, 0) is 9.59 Å². The highest BCUT2D eigenvalue weighted by atomic mass is 35.5. The number of halogens is 1. The Morgan fingerprint density at radius 1 is 1.24 bits per heavy atom. The zero-order valence-electron chi connectivity index (χ0n) is 13.5. The van der Waals surface area contributed by atoms with Crippen molar-refractivity contribution in [1.82, 2.24) is 9.88 Å². The van der Waals surface area contributed by atoms with Crippen molar-refractivity contribution in [2.24, 2.45) is 0 Å². The van der Waals surface area contributed by atoms with Gasteiger partial charge in [-0.3, -0.25) is 9.59 Å². The third-order valence-electron chi connectivity index (χ3n) is 3.65. The third kappa shape index (κ3) is 4.36. The van der Waals surface area contributed by atoms with Crippen LogP contribution in [0.1, 0.15) is 12.8 Å². The van der Waals surface area contributed by atoms with Gasteiger partial charge in [-0.1, -0.05) is 17.7 Å². The summed E-state index contributed by atoms with van der Waals surface area (Å²) in [4.78, 5) is 29.3. The Morgan fingerprint density at radius 3 is 2.76 bits per heavy atom. The molecule has 2 amide bonds. The van der Waals surface area contributed by atoms with Crippen molar-refractivity contribution < 1.29 is 14.3 Å². The van der Waals surface area contributed by atoms with E-state index >= 15 is 0 Å². The summed E-state index contributed by atoms with van der Waals surface area (Å²) >= 11 is 5.91. The first-order valence-corrected chi connectivity index (χ1v) is 8.06. The van der Waals surface area contributed by atoms with Crippen LogP contribution in [0.4, 0.5) is 5.82 Å². The first-order chi connectivity index (χ1) is 12.0. The van der Waals surface area contributed by atoms with E-state index in [1.54, 1.807) is 49.6 Å². The molecular formula is C18H16ClN3O3. The summed E-state index contributed by atoms with van der Waals surface area (Å²) in [6.45, 7) is 0. The van der Waals surface area contributed by atoms with Gasteiger partial charge in [-0.2, -0.15) is 0 Å². The molecule has 128 valence electrons. The van der Waals surface area contributed by atoms with Gasteiger partial charge in [-0.25, -0.2) is 4.98 Å². The molecule has 0 atom stereocenters. The van der Waals surface area contributed by atoms with Gasteiger partial charge in [-0.05, 0) is 36.8 Å². The minimum absolute atomic E-state index is 0.00260. The molecule has 1 aliphatic rings. The molecular weight excluding hydrogens is 342 g/mol. The fraction of sp³-hybridized carbons (Fsp3) is 0.167. The second-order valence-corrected chi connectivity index (χ2v) is 5.99. The van der Waals surface area contributed by atoms with Crippen LogP contribution in [0.5, 0.6) is 11.5 Å². The number of aromatic nitrogens is 1. The Kier molecular flexibility index (Phi) is 5.00. The van der Waals surface area contributed by atoms with Crippen molar-refractivity contribution in [2.75, 3.05) is 12.4 Å². The van der Waals surface area contributed by atoms with Gasteiger partial charge in [0.15, 0.2) is 0 Å². The number of carbonyl (C=O) groups excluding carboxylic acids is 2. The van der Waals surface area contributed by atoms with E-state index in [4.69, 9.17) is 16.3 Å². The van der Waals surface area contributed by atoms with Crippen LogP contribution < -0.4 is 10.1 Å². The second-order valence-electron chi connectivity index (χ2n) is 5.55. The number of pyridine rings is 1. The lowest BCUT2D eigenvalue weighted by atomic mass is 10.1. The maximum atomic E-state index is 12.2. The predicted molar refractivity (Wildman–Crippen MR) is 94.5 cm³/mol. The van der Waals surface area contributed by atoms with E-state index in [9.17, 15) is 9.59 Å². The van der Waals surface area contributed by atoms with Gasteiger partial charge in [0.2, 0.25) is 5.91 Å². The minimum Gasteiger partial charge on any atom is -0.456 e. The van der Waals surface area contributed by atoms with Gasteiger partial charge < -0.3 is 15.0 Å². The van der Waals surface area contributed by atoms with E-state index in [1.807, 2.05) is 0 Å². The van der Waals surface area contributed by atoms with Gasteiger partial charge in [0.05, 0.1) is 6.20 Å². The molecule has 0 unspecified atom stereocenters. The summed E-state index contributed by atoms with van der Waals surface area (Å²) in [5.41, 5.74) is 0.545. The normalized spacial score (nSPS) is 14.1. The molecule has 3 rings (SSSR count). The van der Waals surface area contributed by atoms with Crippen LogP contribution in [0.15, 0.2) is 54.4 Å². The maximum absolute atomic E-state index is 12.2. The molecule has 2 aromatic rings. The molecule has 0 radical (unpaired) electrons. The Balaban J connectivity index is 1.63. The number of benzene rings is 1. The van der Waals surface area contributed by atoms with E-state index in [0.29, 0.717) is 40.8 Å². The quantitative estimate of drug-likeness (QED) is 0.907. The lowest BCUT2D eigenvalue weighted by Gasteiger charge is -2.20. The first-order valence-electron chi connectivity index (χ1n) is 7.68. The summed E-state index contributed by atoms with van der Waals surface area (Å²) < 4.78 is 5.65. The lowest BCUT2D eigenvalue weighted by molar-refractivity contribution is -0.128. The highest BCUT2D eigenvalue weighted by molar-refractivity contribution is 6.30. The number of nitrogens with zero attached hydrogens (tertiary/aromatic N) is 2. The molecule has 0 spiro atoms. The summed E-state index contributed by atoms with van der Waals surface area (Å²) in [5.74, 6) is 1.27. The number of nitrogens with one attached hydrogen (secondary N) is 1. The molecule has 1 N–H and O–H groups in total. The summed E-state index contributed by atoms with van der Waals surface area (Å²) in [5, 5.41) is 3.30. The van der Waals surface area contributed by atoms with Crippen molar-refractivity contribution in [3.8, 4) is 11.5 Å². The Morgan fingerprint density at radius 2 is 2.08 bits per heavy atom. The smallest absolute Gasteiger partial charge is 0.254 e. The van der Waals surface area contributed by atoms with Crippen LogP contribution in [0.2, 0.25) is 5.02 Å². The average molecular weight is 358 g/mol. The van der Waals surface area contributed by atoms with Gasteiger partial charge >= 0.3 is 0 Å². The molecule has 0 fully saturated rings. The monoisotopic (exact) mass is 357 g/mol. The van der Waals surface area contributed by atoms with E-state index < -0.39 is 0 Å². The molecule has 6 nitrogen and oxygen atoms in total. The van der Waals surface area contributed by atoms with E-state index in [0.717, 1.165) is 0 Å². The van der Waals surface area contributed by atoms with Gasteiger partial charge in [0.1, 0.15) is 17.3 Å². The van der Waals surface area contributed by atoms with Gasteiger partial charge in [0.25, 0.3) is 5.91 Å². The van der Waals surface area contributed by atoms with E-state index in [1.165, 1.54) is 11.1 Å². The van der Waals surface area contributed by atoms with Crippen molar-refractivity contribution in [3.63, 3.8) is 0 Å². The average Bonchev–Trinajstić information content (AvgIpc) is 2.59. The minimum atomic E-state index is -0.268. The number of hydrogen-bond donors (Lipinski definition) is 1. The SMILES string of the molecule is CN1C=C(C(=O)Nc2ccc(Oc3cccc(Cl)c3)cn2)CCC1=O. The number of rotatable bonds is 4.